The molecule has 1 rings (SSSR count). The molecule has 3 N–H and O–H groups in total. The van der Waals surface area contributed by atoms with Crippen LogP contribution in [0.4, 0.5) is 4.79 Å². The molecule has 0 unspecified atom stereocenters. The monoisotopic (exact) mass is 257 g/mol. The zero-order chi connectivity index (χ0) is 12.8. The highest BCUT2D eigenvalue weighted by molar-refractivity contribution is 6.31. The minimum atomic E-state index is -0.847. The molecule has 94 valence electrons. The van der Waals surface area contributed by atoms with Crippen molar-refractivity contribution in [3.63, 3.8) is 0 Å². The van der Waals surface area contributed by atoms with Gasteiger partial charge in [0.1, 0.15) is 6.10 Å². The van der Waals surface area contributed by atoms with Crippen molar-refractivity contribution in [3.05, 3.63) is 34.9 Å². The number of halogens is 1. The number of nitrogens with two attached hydrogens (primary N) is 1. The van der Waals surface area contributed by atoms with Crippen molar-refractivity contribution >= 4 is 17.7 Å². The van der Waals surface area contributed by atoms with E-state index in [4.69, 9.17) is 27.2 Å². The number of rotatable bonds is 5. The maximum atomic E-state index is 10.9. The fraction of sp³-hybridized carbons (Fsp3) is 0.417. The first-order valence-electron chi connectivity index (χ1n) is 5.36. The Kier molecular flexibility index (Phi) is 5.25. The van der Waals surface area contributed by atoms with Crippen LogP contribution in [0.1, 0.15) is 25.0 Å². The lowest BCUT2D eigenvalue weighted by Gasteiger charge is -2.20. The van der Waals surface area contributed by atoms with Gasteiger partial charge in [-0.3, -0.25) is 0 Å². The summed E-state index contributed by atoms with van der Waals surface area (Å²) in [4.78, 5) is 10.9. The number of carbonyl (C=O) groups excluding carboxylic acids is 1. The Balaban J connectivity index is 2.89. The van der Waals surface area contributed by atoms with Crippen LogP contribution < -0.4 is 5.73 Å². The summed E-state index contributed by atoms with van der Waals surface area (Å²) in [6.45, 7) is 1.87. The van der Waals surface area contributed by atoms with Crippen molar-refractivity contribution in [2.24, 2.45) is 11.7 Å². The highest BCUT2D eigenvalue weighted by Crippen LogP contribution is 2.30. The fourth-order valence-corrected chi connectivity index (χ4v) is 1.81. The molecule has 0 spiro atoms. The Hall–Kier alpha value is -1.26. The first kappa shape index (κ1) is 13.8. The third-order valence-corrected chi connectivity index (χ3v) is 2.78. The van der Waals surface area contributed by atoms with E-state index in [1.807, 2.05) is 13.0 Å². The van der Waals surface area contributed by atoms with Gasteiger partial charge in [0.25, 0.3) is 0 Å². The van der Waals surface area contributed by atoms with Gasteiger partial charge in [-0.05, 0) is 18.4 Å². The highest BCUT2D eigenvalue weighted by atomic mass is 35.5. The third-order valence-electron chi connectivity index (χ3n) is 2.44. The predicted octanol–water partition coefficient (Wildman–Crippen LogP) is 2.49. The van der Waals surface area contributed by atoms with Crippen LogP contribution in [0.25, 0.3) is 0 Å². The molecule has 0 aliphatic carbocycles. The van der Waals surface area contributed by atoms with Gasteiger partial charge in [0.2, 0.25) is 0 Å². The molecule has 0 aliphatic heterocycles. The molecule has 0 aliphatic rings. The SMILES string of the molecule is C[C@@H](CO)C[C@@H](OC(N)=O)c1ccccc1Cl. The number of hydrogen-bond acceptors (Lipinski definition) is 3. The maximum Gasteiger partial charge on any atom is 0.405 e. The van der Waals surface area contributed by atoms with Crippen molar-refractivity contribution in [3.8, 4) is 0 Å². The fourth-order valence-electron chi connectivity index (χ4n) is 1.55. The Morgan fingerprint density at radius 2 is 2.18 bits per heavy atom. The maximum absolute atomic E-state index is 10.9. The molecule has 0 aromatic heterocycles. The quantitative estimate of drug-likeness (QED) is 0.851. The minimum absolute atomic E-state index is 0.00405. The standard InChI is InChI=1S/C12H16ClNO3/c1-8(7-15)6-11(17-12(14)16)9-4-2-3-5-10(9)13/h2-5,8,11,15H,6-7H2,1H3,(H2,14,16)/t8-,11-/m1/s1. The van der Waals surface area contributed by atoms with Gasteiger partial charge in [0, 0.05) is 17.2 Å². The first-order valence-corrected chi connectivity index (χ1v) is 5.73. The molecule has 1 aromatic carbocycles. The van der Waals surface area contributed by atoms with Crippen molar-refractivity contribution in [1.29, 1.82) is 0 Å². The van der Waals surface area contributed by atoms with Gasteiger partial charge in [-0.15, -0.1) is 0 Å². The Morgan fingerprint density at radius 3 is 2.71 bits per heavy atom. The zero-order valence-electron chi connectivity index (χ0n) is 9.60. The van der Waals surface area contributed by atoms with Crippen LogP contribution in [-0.2, 0) is 4.74 Å². The van der Waals surface area contributed by atoms with Crippen molar-refractivity contribution in [1.82, 2.24) is 0 Å². The van der Waals surface area contributed by atoms with Gasteiger partial charge in [-0.1, -0.05) is 36.7 Å². The summed E-state index contributed by atoms with van der Waals surface area (Å²) < 4.78 is 5.03. The molecule has 0 radical (unpaired) electrons. The lowest BCUT2D eigenvalue weighted by Crippen LogP contribution is -2.20. The summed E-state index contributed by atoms with van der Waals surface area (Å²) >= 11 is 6.03. The largest absolute Gasteiger partial charge is 0.441 e. The van der Waals surface area contributed by atoms with E-state index in [-0.39, 0.29) is 12.5 Å². The number of amides is 1. The molecular weight excluding hydrogens is 242 g/mol. The molecule has 0 saturated carbocycles. The molecule has 0 saturated heterocycles. The molecule has 0 heterocycles. The molecule has 5 heteroatoms. The number of ether oxygens (including phenoxy) is 1. The van der Waals surface area contributed by atoms with Crippen LogP contribution in [-0.4, -0.2) is 17.8 Å². The number of benzene rings is 1. The Morgan fingerprint density at radius 1 is 1.53 bits per heavy atom. The van der Waals surface area contributed by atoms with Crippen LogP contribution in [0.15, 0.2) is 24.3 Å². The lowest BCUT2D eigenvalue weighted by molar-refractivity contribution is 0.0821. The number of aliphatic hydroxyl groups excluding tert-OH is 1. The van der Waals surface area contributed by atoms with Gasteiger partial charge in [-0.2, -0.15) is 0 Å². The molecule has 0 bridgehead atoms. The van der Waals surface area contributed by atoms with E-state index in [2.05, 4.69) is 0 Å². The van der Waals surface area contributed by atoms with Crippen molar-refractivity contribution < 1.29 is 14.6 Å². The molecule has 1 aromatic rings. The van der Waals surface area contributed by atoms with E-state index in [9.17, 15) is 4.79 Å². The topological polar surface area (TPSA) is 72.6 Å². The number of aliphatic hydroxyl groups is 1. The average molecular weight is 258 g/mol. The average Bonchev–Trinajstić information content (AvgIpc) is 2.28. The van der Waals surface area contributed by atoms with E-state index in [1.54, 1.807) is 18.2 Å². The van der Waals surface area contributed by atoms with Gasteiger partial charge < -0.3 is 15.6 Å². The van der Waals surface area contributed by atoms with Crippen LogP contribution >= 0.6 is 11.6 Å². The van der Waals surface area contributed by atoms with E-state index in [0.717, 1.165) is 0 Å². The second kappa shape index (κ2) is 6.47. The Bertz CT molecular complexity index is 384. The molecule has 17 heavy (non-hydrogen) atoms. The number of carbonyl (C=O) groups is 1. The van der Waals surface area contributed by atoms with E-state index in [1.165, 1.54) is 0 Å². The first-order chi connectivity index (χ1) is 8.04. The Labute approximate surface area is 105 Å². The van der Waals surface area contributed by atoms with E-state index >= 15 is 0 Å². The third kappa shape index (κ3) is 4.24. The minimum Gasteiger partial charge on any atom is -0.441 e. The molecule has 1 amide bonds. The number of hydrogen-bond donors (Lipinski definition) is 2. The zero-order valence-corrected chi connectivity index (χ0v) is 10.4. The smallest absolute Gasteiger partial charge is 0.405 e. The van der Waals surface area contributed by atoms with Crippen molar-refractivity contribution in [2.45, 2.75) is 19.4 Å². The lowest BCUT2D eigenvalue weighted by atomic mass is 9.98. The summed E-state index contributed by atoms with van der Waals surface area (Å²) in [5.41, 5.74) is 5.73. The van der Waals surface area contributed by atoms with E-state index in [0.29, 0.717) is 17.0 Å². The van der Waals surface area contributed by atoms with Gasteiger partial charge in [0.15, 0.2) is 0 Å². The number of primary amides is 1. The summed E-state index contributed by atoms with van der Waals surface area (Å²) in [6.07, 6.45) is -0.896. The molecule has 0 fully saturated rings. The summed E-state index contributed by atoms with van der Waals surface area (Å²) in [6, 6.07) is 7.10. The normalized spacial score (nSPS) is 14.1. The summed E-state index contributed by atoms with van der Waals surface area (Å²) in [7, 11) is 0. The van der Waals surface area contributed by atoms with Gasteiger partial charge >= 0.3 is 6.09 Å². The van der Waals surface area contributed by atoms with Crippen LogP contribution in [0.2, 0.25) is 5.02 Å². The van der Waals surface area contributed by atoms with Crippen LogP contribution in [0.3, 0.4) is 0 Å². The predicted molar refractivity (Wildman–Crippen MR) is 65.7 cm³/mol. The highest BCUT2D eigenvalue weighted by Gasteiger charge is 2.20. The van der Waals surface area contributed by atoms with Gasteiger partial charge in [0.05, 0.1) is 0 Å². The molecular formula is C12H16ClNO3. The van der Waals surface area contributed by atoms with Crippen LogP contribution in [0.5, 0.6) is 0 Å². The second-order valence-electron chi connectivity index (χ2n) is 3.97. The molecule has 4 nitrogen and oxygen atoms in total. The van der Waals surface area contributed by atoms with E-state index < -0.39 is 12.2 Å². The summed E-state index contributed by atoms with van der Waals surface area (Å²) in [5.74, 6) is -0.00405. The molecule has 2 atom stereocenters. The summed E-state index contributed by atoms with van der Waals surface area (Å²) in [5, 5.41) is 9.55. The van der Waals surface area contributed by atoms with Crippen LogP contribution in [0, 0.1) is 5.92 Å². The van der Waals surface area contributed by atoms with Gasteiger partial charge in [-0.25, -0.2) is 4.79 Å². The van der Waals surface area contributed by atoms with Crippen molar-refractivity contribution in [2.75, 3.05) is 6.61 Å². The second-order valence-corrected chi connectivity index (χ2v) is 4.38.